The summed E-state index contributed by atoms with van der Waals surface area (Å²) in [5.74, 6) is -0.216. The van der Waals surface area contributed by atoms with Crippen molar-refractivity contribution in [2.45, 2.75) is 19.6 Å². The molecule has 0 saturated carbocycles. The molecule has 1 aromatic heterocycles. The van der Waals surface area contributed by atoms with Gasteiger partial charge in [-0.05, 0) is 37.4 Å². The van der Waals surface area contributed by atoms with E-state index in [0.717, 1.165) is 16.5 Å². The molecule has 0 saturated heterocycles. The maximum Gasteiger partial charge on any atom is 0.360 e. The molecule has 0 aliphatic carbocycles. The van der Waals surface area contributed by atoms with Gasteiger partial charge in [-0.3, -0.25) is 4.57 Å². The SMILES string of the molecule is CCOP(=O)(OCC)C(Nc1cccc2ccccc12)c1ccco1. The van der Waals surface area contributed by atoms with Crippen LogP contribution < -0.4 is 5.32 Å². The number of rotatable bonds is 8. The Morgan fingerprint density at radius 3 is 2.40 bits per heavy atom. The Hall–Kier alpha value is -2.07. The Morgan fingerprint density at radius 2 is 1.72 bits per heavy atom. The average molecular weight is 359 g/mol. The molecule has 0 amide bonds. The molecule has 0 fully saturated rings. The Labute approximate surface area is 147 Å². The van der Waals surface area contributed by atoms with Gasteiger partial charge < -0.3 is 18.8 Å². The predicted octanol–water partition coefficient (Wildman–Crippen LogP) is 5.81. The van der Waals surface area contributed by atoms with E-state index in [0.29, 0.717) is 5.76 Å². The lowest BCUT2D eigenvalue weighted by Crippen LogP contribution is -2.15. The van der Waals surface area contributed by atoms with Crippen LogP contribution in [0.1, 0.15) is 25.4 Å². The van der Waals surface area contributed by atoms with Crippen LogP contribution in [-0.2, 0) is 13.6 Å². The van der Waals surface area contributed by atoms with Gasteiger partial charge in [0, 0.05) is 11.1 Å². The summed E-state index contributed by atoms with van der Waals surface area (Å²) < 4.78 is 30.0. The predicted molar refractivity (Wildman–Crippen MR) is 99.9 cm³/mol. The first kappa shape index (κ1) is 17.7. The van der Waals surface area contributed by atoms with Crippen molar-refractivity contribution < 1.29 is 18.0 Å². The summed E-state index contributed by atoms with van der Waals surface area (Å²) in [6, 6.07) is 17.5. The first-order valence-electron chi connectivity index (χ1n) is 8.34. The van der Waals surface area contributed by atoms with Crippen LogP contribution in [0.3, 0.4) is 0 Å². The molecule has 1 atom stereocenters. The molecule has 1 heterocycles. The largest absolute Gasteiger partial charge is 0.466 e. The third-order valence-electron chi connectivity index (χ3n) is 3.83. The van der Waals surface area contributed by atoms with Gasteiger partial charge in [0.05, 0.1) is 19.5 Å². The summed E-state index contributed by atoms with van der Waals surface area (Å²) in [5.41, 5.74) is 0.846. The van der Waals surface area contributed by atoms with Crippen LogP contribution >= 0.6 is 7.60 Å². The molecule has 1 N–H and O–H groups in total. The normalized spacial score (nSPS) is 13.0. The fourth-order valence-electron chi connectivity index (χ4n) is 2.80. The lowest BCUT2D eigenvalue weighted by molar-refractivity contribution is 0.211. The van der Waals surface area contributed by atoms with Gasteiger partial charge >= 0.3 is 7.60 Å². The minimum Gasteiger partial charge on any atom is -0.466 e. The highest BCUT2D eigenvalue weighted by Crippen LogP contribution is 2.61. The van der Waals surface area contributed by atoms with Gasteiger partial charge in [0.25, 0.3) is 0 Å². The molecule has 0 aliphatic rings. The zero-order valence-corrected chi connectivity index (χ0v) is 15.2. The topological polar surface area (TPSA) is 60.7 Å². The third kappa shape index (κ3) is 3.79. The molecule has 0 radical (unpaired) electrons. The van der Waals surface area contributed by atoms with Gasteiger partial charge in [-0.1, -0.05) is 36.4 Å². The van der Waals surface area contributed by atoms with Gasteiger partial charge in [-0.25, -0.2) is 0 Å². The first-order valence-corrected chi connectivity index (χ1v) is 9.95. The maximum absolute atomic E-state index is 13.4. The fourth-order valence-corrected chi connectivity index (χ4v) is 4.65. The molecule has 3 aromatic rings. The number of nitrogens with one attached hydrogen (secondary N) is 1. The summed E-state index contributed by atoms with van der Waals surface area (Å²) in [6.45, 7) is 4.16. The van der Waals surface area contributed by atoms with Crippen LogP contribution in [0.2, 0.25) is 0 Å². The van der Waals surface area contributed by atoms with E-state index in [1.165, 1.54) is 0 Å². The molecular formula is C19H22NO4P. The average Bonchev–Trinajstić information content (AvgIpc) is 3.14. The zero-order chi connectivity index (χ0) is 17.7. The summed E-state index contributed by atoms with van der Waals surface area (Å²) in [7, 11) is -3.47. The highest BCUT2D eigenvalue weighted by Gasteiger charge is 2.39. The van der Waals surface area contributed by atoms with Crippen molar-refractivity contribution in [3.63, 3.8) is 0 Å². The van der Waals surface area contributed by atoms with E-state index in [2.05, 4.69) is 5.32 Å². The van der Waals surface area contributed by atoms with Gasteiger partial charge in [-0.15, -0.1) is 0 Å². The number of furan rings is 1. The smallest absolute Gasteiger partial charge is 0.360 e. The van der Waals surface area contributed by atoms with Crippen molar-refractivity contribution in [1.82, 2.24) is 0 Å². The molecule has 5 nitrogen and oxygen atoms in total. The van der Waals surface area contributed by atoms with Crippen molar-refractivity contribution in [2.24, 2.45) is 0 Å². The van der Waals surface area contributed by atoms with Crippen LogP contribution in [0.5, 0.6) is 0 Å². The van der Waals surface area contributed by atoms with Crippen molar-refractivity contribution in [3.05, 3.63) is 66.6 Å². The molecule has 0 bridgehead atoms. The van der Waals surface area contributed by atoms with E-state index < -0.39 is 13.4 Å². The zero-order valence-electron chi connectivity index (χ0n) is 14.3. The van der Waals surface area contributed by atoms with Gasteiger partial charge in [0.1, 0.15) is 5.76 Å². The third-order valence-corrected chi connectivity index (χ3v) is 6.08. The van der Waals surface area contributed by atoms with Crippen LogP contribution in [0.25, 0.3) is 10.8 Å². The second kappa shape index (κ2) is 7.87. The van der Waals surface area contributed by atoms with Crippen LogP contribution in [-0.4, -0.2) is 13.2 Å². The summed E-state index contributed by atoms with van der Waals surface area (Å²) in [5, 5.41) is 5.45. The number of fused-ring (bicyclic) bond motifs is 1. The van der Waals surface area contributed by atoms with Crippen molar-refractivity contribution in [2.75, 3.05) is 18.5 Å². The molecule has 3 rings (SSSR count). The van der Waals surface area contributed by atoms with E-state index in [9.17, 15) is 4.57 Å². The lowest BCUT2D eigenvalue weighted by atomic mass is 10.1. The second-order valence-electron chi connectivity index (χ2n) is 5.46. The molecule has 6 heteroatoms. The molecular weight excluding hydrogens is 337 g/mol. The quantitative estimate of drug-likeness (QED) is 0.514. The molecule has 1 unspecified atom stereocenters. The van der Waals surface area contributed by atoms with E-state index in [-0.39, 0.29) is 13.2 Å². The Morgan fingerprint density at radius 1 is 1.00 bits per heavy atom. The Balaban J connectivity index is 2.05. The van der Waals surface area contributed by atoms with Crippen molar-refractivity contribution >= 4 is 24.1 Å². The molecule has 2 aromatic carbocycles. The maximum atomic E-state index is 13.4. The Kier molecular flexibility index (Phi) is 5.59. The van der Waals surface area contributed by atoms with Crippen LogP contribution in [0.4, 0.5) is 5.69 Å². The monoisotopic (exact) mass is 359 g/mol. The molecule has 132 valence electrons. The number of hydrogen-bond donors (Lipinski definition) is 1. The Bertz CT molecular complexity index is 848. The lowest BCUT2D eigenvalue weighted by Gasteiger charge is -2.26. The standard InChI is InChI=1S/C19H22NO4P/c1-3-23-25(21,24-4-2)19(18-13-8-14-22-18)20-17-12-7-10-15-9-5-6-11-16(15)17/h5-14,19-20H,3-4H2,1-2H3. The highest BCUT2D eigenvalue weighted by molar-refractivity contribution is 7.54. The second-order valence-corrected chi connectivity index (χ2v) is 7.58. The van der Waals surface area contributed by atoms with E-state index in [1.54, 1.807) is 32.2 Å². The number of benzene rings is 2. The fraction of sp³-hybridized carbons (Fsp3) is 0.263. The summed E-state index contributed by atoms with van der Waals surface area (Å²) >= 11 is 0. The van der Waals surface area contributed by atoms with Gasteiger partial charge in [-0.2, -0.15) is 0 Å². The van der Waals surface area contributed by atoms with Gasteiger partial charge in [0.2, 0.25) is 0 Å². The van der Waals surface area contributed by atoms with Gasteiger partial charge in [0.15, 0.2) is 5.78 Å². The van der Waals surface area contributed by atoms with Crippen LogP contribution in [0.15, 0.2) is 65.3 Å². The molecule has 0 aliphatic heterocycles. The molecule has 25 heavy (non-hydrogen) atoms. The minimum absolute atomic E-state index is 0.283. The minimum atomic E-state index is -3.47. The van der Waals surface area contributed by atoms with Crippen molar-refractivity contribution in [1.29, 1.82) is 0 Å². The van der Waals surface area contributed by atoms with Crippen molar-refractivity contribution in [3.8, 4) is 0 Å². The van der Waals surface area contributed by atoms with E-state index in [4.69, 9.17) is 13.5 Å². The van der Waals surface area contributed by atoms with E-state index >= 15 is 0 Å². The van der Waals surface area contributed by atoms with E-state index in [1.807, 2.05) is 42.5 Å². The number of hydrogen-bond acceptors (Lipinski definition) is 5. The summed E-state index contributed by atoms with van der Waals surface area (Å²) in [4.78, 5) is 0. The molecule has 0 spiro atoms. The first-order chi connectivity index (χ1) is 12.2. The van der Waals surface area contributed by atoms with Crippen LogP contribution in [0, 0.1) is 0 Å². The summed E-state index contributed by atoms with van der Waals surface area (Å²) in [6.07, 6.45) is 1.55. The highest BCUT2D eigenvalue weighted by atomic mass is 31.2. The number of anilines is 1.